The van der Waals surface area contributed by atoms with Gasteiger partial charge in [0.25, 0.3) is 10.0 Å². The average molecular weight is 430 g/mol. The molecule has 27 heavy (non-hydrogen) atoms. The quantitative estimate of drug-likeness (QED) is 0.658. The zero-order chi connectivity index (χ0) is 18.6. The van der Waals surface area contributed by atoms with E-state index in [1.807, 2.05) is 0 Å². The van der Waals surface area contributed by atoms with Gasteiger partial charge >= 0.3 is 0 Å². The third kappa shape index (κ3) is 5.93. The van der Waals surface area contributed by atoms with E-state index in [0.717, 1.165) is 25.1 Å². The van der Waals surface area contributed by atoms with Crippen molar-refractivity contribution in [3.05, 3.63) is 47.3 Å². The first-order chi connectivity index (χ1) is 12.4. The Balaban J connectivity index is 0.00000261. The molecular weight excluding hydrogens is 406 g/mol. The van der Waals surface area contributed by atoms with Crippen molar-refractivity contribution in [1.29, 1.82) is 0 Å². The van der Waals surface area contributed by atoms with Crippen LogP contribution in [-0.2, 0) is 21.2 Å². The number of benzene rings is 1. The summed E-state index contributed by atoms with van der Waals surface area (Å²) in [6.07, 6.45) is 1.23. The molecule has 1 amide bonds. The van der Waals surface area contributed by atoms with Gasteiger partial charge in [0, 0.05) is 11.7 Å². The fourth-order valence-electron chi connectivity index (χ4n) is 2.98. The molecule has 3 rings (SSSR count). The van der Waals surface area contributed by atoms with Crippen molar-refractivity contribution in [3.8, 4) is 0 Å². The normalized spacial score (nSPS) is 19.7. The predicted octanol–water partition coefficient (Wildman–Crippen LogP) is 2.63. The van der Waals surface area contributed by atoms with E-state index in [0.29, 0.717) is 11.6 Å². The van der Waals surface area contributed by atoms with Gasteiger partial charge in [-0.2, -0.15) is 0 Å². The first-order valence-corrected chi connectivity index (χ1v) is 11.0. The van der Waals surface area contributed by atoms with Gasteiger partial charge in [-0.3, -0.25) is 9.52 Å². The fraction of sp³-hybridized carbons (Fsp3) is 0.389. The first-order valence-electron chi connectivity index (χ1n) is 8.59. The van der Waals surface area contributed by atoms with E-state index in [2.05, 4.69) is 22.3 Å². The van der Waals surface area contributed by atoms with Crippen molar-refractivity contribution in [2.24, 2.45) is 5.92 Å². The van der Waals surface area contributed by atoms with Crippen LogP contribution in [0.5, 0.6) is 0 Å². The summed E-state index contributed by atoms with van der Waals surface area (Å²) in [5.41, 5.74) is 1.33. The van der Waals surface area contributed by atoms with Crippen molar-refractivity contribution in [3.63, 3.8) is 0 Å². The topological polar surface area (TPSA) is 87.3 Å². The number of hydrogen-bond acceptors (Lipinski definition) is 5. The zero-order valence-electron chi connectivity index (χ0n) is 15.0. The summed E-state index contributed by atoms with van der Waals surface area (Å²) in [4.78, 5) is 12.3. The van der Waals surface area contributed by atoms with Crippen LogP contribution >= 0.6 is 23.7 Å². The van der Waals surface area contributed by atoms with Crippen LogP contribution in [0.2, 0.25) is 0 Å². The van der Waals surface area contributed by atoms with Crippen LogP contribution in [0.25, 0.3) is 0 Å². The highest BCUT2D eigenvalue weighted by Crippen LogP contribution is 2.20. The van der Waals surface area contributed by atoms with Crippen LogP contribution in [0, 0.1) is 5.92 Å². The Morgan fingerprint density at radius 3 is 2.63 bits per heavy atom. The molecule has 1 saturated heterocycles. The Morgan fingerprint density at radius 2 is 2.00 bits per heavy atom. The predicted molar refractivity (Wildman–Crippen MR) is 111 cm³/mol. The van der Waals surface area contributed by atoms with Crippen molar-refractivity contribution in [2.75, 3.05) is 17.8 Å². The second-order valence-electron chi connectivity index (χ2n) is 6.56. The number of halogens is 1. The van der Waals surface area contributed by atoms with Gasteiger partial charge in [-0.05, 0) is 54.6 Å². The molecule has 0 aliphatic carbocycles. The smallest absolute Gasteiger partial charge is 0.271 e. The van der Waals surface area contributed by atoms with Gasteiger partial charge in [0.1, 0.15) is 4.21 Å². The molecule has 2 atom stereocenters. The lowest BCUT2D eigenvalue weighted by molar-refractivity contribution is -0.121. The van der Waals surface area contributed by atoms with Crippen molar-refractivity contribution in [2.45, 2.75) is 30.0 Å². The summed E-state index contributed by atoms with van der Waals surface area (Å²) in [6, 6.07) is 10.4. The molecule has 6 nitrogen and oxygen atoms in total. The molecule has 2 aromatic rings. The molecule has 3 N–H and O–H groups in total. The second kappa shape index (κ2) is 9.54. The van der Waals surface area contributed by atoms with Gasteiger partial charge in [-0.15, -0.1) is 23.7 Å². The maximum absolute atomic E-state index is 12.3. The number of nitrogens with one attached hydrogen (secondary N) is 3. The molecule has 9 heteroatoms. The number of hydrogen-bond donors (Lipinski definition) is 3. The van der Waals surface area contributed by atoms with Gasteiger partial charge in [0.15, 0.2) is 0 Å². The molecule has 0 saturated carbocycles. The summed E-state index contributed by atoms with van der Waals surface area (Å²) in [6.45, 7) is 3.98. The fourth-order valence-corrected chi connectivity index (χ4v) is 5.04. The molecule has 1 aliphatic heterocycles. The number of anilines is 1. The Bertz CT molecular complexity index is 839. The van der Waals surface area contributed by atoms with Gasteiger partial charge in [-0.1, -0.05) is 25.1 Å². The van der Waals surface area contributed by atoms with Crippen LogP contribution in [0.4, 0.5) is 5.69 Å². The number of amides is 1. The molecule has 0 spiro atoms. The van der Waals surface area contributed by atoms with Gasteiger partial charge in [0.05, 0.1) is 6.42 Å². The van der Waals surface area contributed by atoms with E-state index >= 15 is 0 Å². The summed E-state index contributed by atoms with van der Waals surface area (Å²) in [7, 11) is -3.55. The molecular formula is C18H24ClN3O3S2. The third-order valence-electron chi connectivity index (χ3n) is 4.46. The van der Waals surface area contributed by atoms with E-state index in [4.69, 9.17) is 0 Å². The number of thiophene rings is 1. The Hall–Kier alpha value is -1.61. The maximum atomic E-state index is 12.3. The number of rotatable bonds is 6. The summed E-state index contributed by atoms with van der Waals surface area (Å²) < 4.78 is 27.2. The maximum Gasteiger partial charge on any atom is 0.271 e. The highest BCUT2D eigenvalue weighted by molar-refractivity contribution is 7.94. The van der Waals surface area contributed by atoms with Crippen LogP contribution < -0.4 is 15.4 Å². The van der Waals surface area contributed by atoms with Crippen LogP contribution in [0.3, 0.4) is 0 Å². The zero-order valence-corrected chi connectivity index (χ0v) is 17.4. The van der Waals surface area contributed by atoms with Gasteiger partial charge in [0.2, 0.25) is 5.91 Å². The molecule has 0 radical (unpaired) electrons. The minimum atomic E-state index is -3.55. The van der Waals surface area contributed by atoms with E-state index in [-0.39, 0.29) is 35.0 Å². The Labute approximate surface area is 170 Å². The third-order valence-corrected chi connectivity index (χ3v) is 7.24. The molecule has 1 aliphatic rings. The molecule has 1 aromatic heterocycles. The minimum Gasteiger partial charge on any atom is -0.353 e. The molecule has 0 bridgehead atoms. The summed E-state index contributed by atoms with van der Waals surface area (Å²) in [5, 5.41) is 8.14. The largest absolute Gasteiger partial charge is 0.353 e. The SMILES string of the molecule is CC1CNCCC1NC(=O)Cc1ccc(NS(=O)(=O)c2cccs2)cc1.Cl. The van der Waals surface area contributed by atoms with Crippen LogP contribution in [0.15, 0.2) is 46.0 Å². The van der Waals surface area contributed by atoms with Gasteiger partial charge in [-0.25, -0.2) is 8.42 Å². The molecule has 1 aromatic carbocycles. The molecule has 2 heterocycles. The highest BCUT2D eigenvalue weighted by atomic mass is 35.5. The summed E-state index contributed by atoms with van der Waals surface area (Å²) >= 11 is 1.17. The monoisotopic (exact) mass is 429 g/mol. The van der Waals surface area contributed by atoms with E-state index in [9.17, 15) is 13.2 Å². The molecule has 1 fully saturated rings. The van der Waals surface area contributed by atoms with Gasteiger partial charge < -0.3 is 10.6 Å². The number of carbonyl (C=O) groups excluding carboxylic acids is 1. The Kier molecular flexibility index (Phi) is 7.67. The number of carbonyl (C=O) groups is 1. The minimum absolute atomic E-state index is 0. The van der Waals surface area contributed by atoms with Crippen molar-refractivity contribution in [1.82, 2.24) is 10.6 Å². The molecule has 2 unspecified atom stereocenters. The van der Waals surface area contributed by atoms with Crippen LogP contribution in [0.1, 0.15) is 18.9 Å². The van der Waals surface area contributed by atoms with Crippen molar-refractivity contribution >= 4 is 45.4 Å². The first kappa shape index (κ1) is 21.7. The lowest BCUT2D eigenvalue weighted by atomic mass is 9.95. The van der Waals surface area contributed by atoms with Crippen LogP contribution in [-0.4, -0.2) is 33.5 Å². The average Bonchev–Trinajstić information content (AvgIpc) is 3.14. The standard InChI is InChI=1S/C18H23N3O3S2.ClH/c1-13-12-19-9-8-16(13)20-17(22)11-14-4-6-15(7-5-14)21-26(23,24)18-3-2-10-25-18;/h2-7,10,13,16,19,21H,8-9,11-12H2,1H3,(H,20,22);1H. The van der Waals surface area contributed by atoms with E-state index in [1.54, 1.807) is 41.8 Å². The highest BCUT2D eigenvalue weighted by Gasteiger charge is 2.22. The number of sulfonamides is 1. The lowest BCUT2D eigenvalue weighted by Crippen LogP contribution is -2.48. The number of piperidine rings is 1. The van der Waals surface area contributed by atoms with Crippen molar-refractivity contribution < 1.29 is 13.2 Å². The molecule has 148 valence electrons. The Morgan fingerprint density at radius 1 is 1.26 bits per heavy atom. The summed E-state index contributed by atoms with van der Waals surface area (Å²) in [5.74, 6) is 0.414. The van der Waals surface area contributed by atoms with E-state index in [1.165, 1.54) is 11.3 Å². The van der Waals surface area contributed by atoms with E-state index < -0.39 is 10.0 Å². The second-order valence-corrected chi connectivity index (χ2v) is 9.41. The lowest BCUT2D eigenvalue weighted by Gasteiger charge is -2.30.